The quantitative estimate of drug-likeness (QED) is 0.741. The number of piperazine rings is 1. The van der Waals surface area contributed by atoms with Crippen LogP contribution < -0.4 is 10.2 Å². The highest BCUT2D eigenvalue weighted by Gasteiger charge is 2.15. The maximum Gasteiger partial charge on any atom is 0.226 e. The Morgan fingerprint density at radius 2 is 1.95 bits per heavy atom. The molecule has 0 aromatic carbocycles. The van der Waals surface area contributed by atoms with Crippen molar-refractivity contribution in [1.82, 2.24) is 29.7 Å². The van der Waals surface area contributed by atoms with Crippen LogP contribution in [0, 0.1) is 0 Å². The summed E-state index contributed by atoms with van der Waals surface area (Å²) >= 11 is 0. The number of aromatic nitrogens is 5. The van der Waals surface area contributed by atoms with E-state index in [1.165, 1.54) is 0 Å². The fraction of sp³-hybridized carbons (Fsp3) is 0.286. The molecule has 0 unspecified atom stereocenters. The lowest BCUT2D eigenvalue weighted by molar-refractivity contribution is 0.580. The molecule has 3 aromatic rings. The van der Waals surface area contributed by atoms with Crippen LogP contribution in [0.15, 0.2) is 37.1 Å². The van der Waals surface area contributed by atoms with Crippen LogP contribution in [0.4, 0.5) is 5.95 Å². The molecule has 0 aliphatic carbocycles. The lowest BCUT2D eigenvalue weighted by Crippen LogP contribution is -2.44. The van der Waals surface area contributed by atoms with Crippen molar-refractivity contribution in [3.63, 3.8) is 0 Å². The molecule has 0 amide bonds. The minimum absolute atomic E-state index is 0.764. The molecule has 1 aliphatic rings. The van der Waals surface area contributed by atoms with Gasteiger partial charge in [-0.05, 0) is 6.07 Å². The largest absolute Gasteiger partial charge is 0.338 e. The second-order valence-corrected chi connectivity index (χ2v) is 4.93. The third kappa shape index (κ3) is 2.21. The van der Waals surface area contributed by atoms with Gasteiger partial charge in [0.05, 0.1) is 17.9 Å². The number of hydrogen-bond donors (Lipinski definition) is 1. The van der Waals surface area contributed by atoms with Gasteiger partial charge in [-0.1, -0.05) is 0 Å². The van der Waals surface area contributed by atoms with Gasteiger partial charge in [0.1, 0.15) is 5.69 Å². The SMILES string of the molecule is c1cn2c(-c3ccnc(N4CCNCC4)n3)ncc2cn1. The standard InChI is InChI=1S/C14H15N7/c1-2-17-14(20-6-3-15-4-7-20)19-12(1)13-18-10-11-9-16-5-8-21(11)13/h1-2,5,8-10,15H,3-4,6-7H2. The average Bonchev–Trinajstić information content (AvgIpc) is 3.00. The summed E-state index contributed by atoms with van der Waals surface area (Å²) in [6, 6.07) is 1.89. The number of imidazole rings is 1. The first-order valence-electron chi connectivity index (χ1n) is 6.98. The topological polar surface area (TPSA) is 71.2 Å². The van der Waals surface area contributed by atoms with Crippen molar-refractivity contribution in [2.75, 3.05) is 31.1 Å². The maximum atomic E-state index is 4.67. The summed E-state index contributed by atoms with van der Waals surface area (Å²) in [6.45, 7) is 3.78. The zero-order valence-electron chi connectivity index (χ0n) is 11.5. The van der Waals surface area contributed by atoms with Crippen LogP contribution in [0.1, 0.15) is 0 Å². The second kappa shape index (κ2) is 5.10. The molecule has 106 valence electrons. The minimum Gasteiger partial charge on any atom is -0.338 e. The van der Waals surface area contributed by atoms with E-state index in [9.17, 15) is 0 Å². The third-order valence-corrected chi connectivity index (χ3v) is 3.61. The fourth-order valence-corrected chi connectivity index (χ4v) is 2.53. The van der Waals surface area contributed by atoms with Crippen molar-refractivity contribution in [3.8, 4) is 11.5 Å². The Kier molecular flexibility index (Phi) is 2.97. The number of nitrogens with zero attached hydrogens (tertiary/aromatic N) is 6. The Balaban J connectivity index is 1.75. The van der Waals surface area contributed by atoms with E-state index in [0.717, 1.165) is 49.2 Å². The predicted octanol–water partition coefficient (Wildman–Crippen LogP) is 0.596. The smallest absolute Gasteiger partial charge is 0.226 e. The van der Waals surface area contributed by atoms with Gasteiger partial charge in [-0.25, -0.2) is 15.0 Å². The van der Waals surface area contributed by atoms with Crippen molar-refractivity contribution in [2.45, 2.75) is 0 Å². The molecule has 4 heterocycles. The van der Waals surface area contributed by atoms with Gasteiger partial charge in [-0.3, -0.25) is 9.38 Å². The van der Waals surface area contributed by atoms with E-state index in [0.29, 0.717) is 0 Å². The van der Waals surface area contributed by atoms with Gasteiger partial charge in [0.2, 0.25) is 5.95 Å². The Labute approximate surface area is 121 Å². The van der Waals surface area contributed by atoms with Crippen molar-refractivity contribution < 1.29 is 0 Å². The lowest BCUT2D eigenvalue weighted by atomic mass is 10.3. The van der Waals surface area contributed by atoms with Gasteiger partial charge >= 0.3 is 0 Å². The van der Waals surface area contributed by atoms with Crippen molar-refractivity contribution in [3.05, 3.63) is 37.1 Å². The normalized spacial score (nSPS) is 15.5. The number of hydrogen-bond acceptors (Lipinski definition) is 6. The van der Waals surface area contributed by atoms with Crippen molar-refractivity contribution in [1.29, 1.82) is 0 Å². The third-order valence-electron chi connectivity index (χ3n) is 3.61. The first-order valence-corrected chi connectivity index (χ1v) is 6.98. The van der Waals surface area contributed by atoms with Crippen molar-refractivity contribution >= 4 is 11.5 Å². The predicted molar refractivity (Wildman–Crippen MR) is 79.1 cm³/mol. The first kappa shape index (κ1) is 12.2. The molecule has 0 radical (unpaired) electrons. The molecule has 21 heavy (non-hydrogen) atoms. The van der Waals surface area contributed by atoms with Gasteiger partial charge in [-0.2, -0.15) is 0 Å². The summed E-state index contributed by atoms with van der Waals surface area (Å²) in [5, 5.41) is 3.33. The Morgan fingerprint density at radius 3 is 2.86 bits per heavy atom. The fourth-order valence-electron chi connectivity index (χ4n) is 2.53. The van der Waals surface area contributed by atoms with Crippen molar-refractivity contribution in [2.24, 2.45) is 0 Å². The van der Waals surface area contributed by atoms with Gasteiger partial charge < -0.3 is 10.2 Å². The molecule has 7 nitrogen and oxygen atoms in total. The minimum atomic E-state index is 0.764. The summed E-state index contributed by atoms with van der Waals surface area (Å²) in [4.78, 5) is 19.8. The summed E-state index contributed by atoms with van der Waals surface area (Å²) in [7, 11) is 0. The highest BCUT2D eigenvalue weighted by Crippen LogP contribution is 2.19. The molecule has 1 N–H and O–H groups in total. The van der Waals surface area contributed by atoms with E-state index >= 15 is 0 Å². The summed E-state index contributed by atoms with van der Waals surface area (Å²) < 4.78 is 1.98. The molecule has 0 saturated carbocycles. The first-order chi connectivity index (χ1) is 10.4. The van der Waals surface area contributed by atoms with E-state index < -0.39 is 0 Å². The van der Waals surface area contributed by atoms with Crippen LogP contribution >= 0.6 is 0 Å². The Morgan fingerprint density at radius 1 is 1.05 bits per heavy atom. The average molecular weight is 281 g/mol. The zero-order valence-corrected chi connectivity index (χ0v) is 11.5. The molecule has 4 rings (SSSR count). The molecule has 0 bridgehead atoms. The molecule has 1 saturated heterocycles. The van der Waals surface area contributed by atoms with E-state index in [2.05, 4.69) is 30.2 Å². The summed E-state index contributed by atoms with van der Waals surface area (Å²) in [6.07, 6.45) is 9.02. The summed E-state index contributed by atoms with van der Waals surface area (Å²) in [5.41, 5.74) is 1.78. The molecule has 3 aromatic heterocycles. The van der Waals surface area contributed by atoms with E-state index in [1.54, 1.807) is 24.8 Å². The number of fused-ring (bicyclic) bond motifs is 1. The molecule has 1 fully saturated rings. The Hall–Kier alpha value is -2.54. The van der Waals surface area contributed by atoms with Crippen LogP contribution in [0.2, 0.25) is 0 Å². The number of anilines is 1. The van der Waals surface area contributed by atoms with Gasteiger partial charge in [0.15, 0.2) is 5.82 Å². The monoisotopic (exact) mass is 281 g/mol. The van der Waals surface area contributed by atoms with E-state index in [1.807, 2.05) is 16.7 Å². The molecule has 7 heteroatoms. The van der Waals surface area contributed by atoms with Gasteiger partial charge in [-0.15, -0.1) is 0 Å². The van der Waals surface area contributed by atoms with Gasteiger partial charge in [0.25, 0.3) is 0 Å². The van der Waals surface area contributed by atoms with Crippen LogP contribution in [-0.2, 0) is 0 Å². The van der Waals surface area contributed by atoms with Crippen LogP contribution in [0.25, 0.3) is 17.0 Å². The molecule has 0 spiro atoms. The van der Waals surface area contributed by atoms with Gasteiger partial charge in [0, 0.05) is 44.8 Å². The molecule has 0 atom stereocenters. The highest BCUT2D eigenvalue weighted by molar-refractivity contribution is 5.59. The van der Waals surface area contributed by atoms with Crippen LogP contribution in [0.5, 0.6) is 0 Å². The highest BCUT2D eigenvalue weighted by atomic mass is 15.3. The molecular weight excluding hydrogens is 266 g/mol. The van der Waals surface area contributed by atoms with Crippen LogP contribution in [0.3, 0.4) is 0 Å². The molecular formula is C14H15N7. The maximum absolute atomic E-state index is 4.67. The van der Waals surface area contributed by atoms with E-state index in [4.69, 9.17) is 0 Å². The second-order valence-electron chi connectivity index (χ2n) is 4.93. The number of rotatable bonds is 2. The van der Waals surface area contributed by atoms with E-state index in [-0.39, 0.29) is 0 Å². The number of nitrogens with one attached hydrogen (secondary N) is 1. The Bertz CT molecular complexity index is 761. The lowest BCUT2D eigenvalue weighted by Gasteiger charge is -2.27. The van der Waals surface area contributed by atoms with Crippen LogP contribution in [-0.4, -0.2) is 50.5 Å². The molecule has 1 aliphatic heterocycles. The zero-order chi connectivity index (χ0) is 14.1. The summed E-state index contributed by atoms with van der Waals surface area (Å²) in [5.74, 6) is 1.57.